The van der Waals surface area contributed by atoms with Crippen LogP contribution in [0.4, 0.5) is 0 Å². The Kier molecular flexibility index (Phi) is 4.41. The summed E-state index contributed by atoms with van der Waals surface area (Å²) >= 11 is 0. The fourth-order valence-corrected chi connectivity index (χ4v) is 3.45. The number of para-hydroxylation sites is 2. The van der Waals surface area contributed by atoms with E-state index in [0.29, 0.717) is 16.6 Å². The molecule has 0 spiro atoms. The average Bonchev–Trinajstić information content (AvgIpc) is 3.21. The Balaban J connectivity index is 1.61. The molecule has 2 heterocycles. The van der Waals surface area contributed by atoms with Crippen molar-refractivity contribution in [3.63, 3.8) is 0 Å². The quantitative estimate of drug-likeness (QED) is 0.303. The van der Waals surface area contributed by atoms with Crippen molar-refractivity contribution < 1.29 is 18.4 Å². The van der Waals surface area contributed by atoms with Crippen molar-refractivity contribution in [2.24, 2.45) is 0 Å². The smallest absolute Gasteiger partial charge is 0.379 e. The van der Waals surface area contributed by atoms with Crippen LogP contribution in [0.25, 0.3) is 21.9 Å². The molecule has 0 saturated carbocycles. The molecule has 3 aromatic carbocycles. The molecule has 0 N–H and O–H groups in total. The van der Waals surface area contributed by atoms with Gasteiger partial charge in [0.1, 0.15) is 11.2 Å². The molecule has 0 saturated heterocycles. The molecule has 0 aliphatic rings. The van der Waals surface area contributed by atoms with Crippen LogP contribution in [0.2, 0.25) is 0 Å². The summed E-state index contributed by atoms with van der Waals surface area (Å²) in [7, 11) is 0. The Labute approximate surface area is 171 Å². The van der Waals surface area contributed by atoms with Gasteiger partial charge in [-0.05, 0) is 29.8 Å². The molecule has 0 bridgehead atoms. The Morgan fingerprint density at radius 3 is 2.30 bits per heavy atom. The number of hydrogen-bond donors (Lipinski definition) is 0. The molecule has 0 aliphatic carbocycles. The maximum Gasteiger partial charge on any atom is 0.379 e. The van der Waals surface area contributed by atoms with Crippen molar-refractivity contribution >= 4 is 27.9 Å². The summed E-state index contributed by atoms with van der Waals surface area (Å²) in [5, 5.41) is 1.35. The molecular weight excluding hydrogens is 380 g/mol. The van der Waals surface area contributed by atoms with Crippen LogP contribution >= 0.6 is 0 Å². The lowest BCUT2D eigenvalue weighted by Gasteiger charge is -2.11. The van der Waals surface area contributed by atoms with E-state index in [9.17, 15) is 9.59 Å². The summed E-state index contributed by atoms with van der Waals surface area (Å²) in [6, 6.07) is 25.4. The number of fused-ring (bicyclic) bond motifs is 2. The van der Waals surface area contributed by atoms with Crippen molar-refractivity contribution in [2.45, 2.75) is 6.42 Å². The van der Waals surface area contributed by atoms with Gasteiger partial charge >= 0.3 is 11.6 Å². The lowest BCUT2D eigenvalue weighted by atomic mass is 10.0. The molecule has 0 unspecified atom stereocenters. The van der Waals surface area contributed by atoms with E-state index in [0.717, 1.165) is 10.9 Å². The number of rotatable bonds is 4. The molecule has 146 valence electrons. The van der Waals surface area contributed by atoms with Crippen molar-refractivity contribution in [3.05, 3.63) is 112 Å². The number of esters is 1. The number of furan rings is 1. The molecule has 5 aromatic rings. The van der Waals surface area contributed by atoms with Crippen LogP contribution < -0.4 is 10.4 Å². The molecule has 5 heteroatoms. The van der Waals surface area contributed by atoms with Crippen LogP contribution in [-0.4, -0.2) is 5.97 Å². The zero-order valence-corrected chi connectivity index (χ0v) is 15.8. The SMILES string of the molecule is O=C(Oc1c(Cc2ccccc2)c(=O)oc2ccccc12)c1cc2ccccc2o1. The third kappa shape index (κ3) is 3.26. The normalized spacial score (nSPS) is 11.1. The second-order valence-electron chi connectivity index (χ2n) is 6.89. The van der Waals surface area contributed by atoms with Gasteiger partial charge in [0.15, 0.2) is 5.75 Å². The van der Waals surface area contributed by atoms with Gasteiger partial charge in [-0.1, -0.05) is 60.7 Å². The monoisotopic (exact) mass is 396 g/mol. The molecule has 5 nitrogen and oxygen atoms in total. The Hall–Kier alpha value is -4.12. The van der Waals surface area contributed by atoms with Gasteiger partial charge < -0.3 is 13.6 Å². The topological polar surface area (TPSA) is 69.7 Å². The Morgan fingerprint density at radius 2 is 1.50 bits per heavy atom. The first-order valence-corrected chi connectivity index (χ1v) is 9.48. The number of benzene rings is 3. The third-order valence-corrected chi connectivity index (χ3v) is 4.90. The zero-order chi connectivity index (χ0) is 20.5. The van der Waals surface area contributed by atoms with Gasteiger partial charge in [0, 0.05) is 11.8 Å². The van der Waals surface area contributed by atoms with Crippen molar-refractivity contribution in [1.29, 1.82) is 0 Å². The Morgan fingerprint density at radius 1 is 0.800 bits per heavy atom. The predicted octanol–water partition coefficient (Wildman–Crippen LogP) is 5.35. The number of carbonyl (C=O) groups is 1. The van der Waals surface area contributed by atoms with E-state index in [2.05, 4.69) is 0 Å². The first-order chi connectivity index (χ1) is 14.7. The lowest BCUT2D eigenvalue weighted by Crippen LogP contribution is -2.15. The highest BCUT2D eigenvalue weighted by atomic mass is 16.5. The van der Waals surface area contributed by atoms with E-state index in [-0.39, 0.29) is 23.5 Å². The second-order valence-corrected chi connectivity index (χ2v) is 6.89. The first-order valence-electron chi connectivity index (χ1n) is 9.48. The van der Waals surface area contributed by atoms with Crippen molar-refractivity contribution in [2.75, 3.05) is 0 Å². The average molecular weight is 396 g/mol. The maximum atomic E-state index is 12.9. The number of hydrogen-bond acceptors (Lipinski definition) is 5. The first kappa shape index (κ1) is 17.9. The predicted molar refractivity (Wildman–Crippen MR) is 113 cm³/mol. The van der Waals surface area contributed by atoms with Crippen LogP contribution in [0.5, 0.6) is 5.75 Å². The van der Waals surface area contributed by atoms with Gasteiger partial charge in [-0.3, -0.25) is 0 Å². The van der Waals surface area contributed by atoms with E-state index in [1.165, 1.54) is 0 Å². The Bertz CT molecular complexity index is 1390. The van der Waals surface area contributed by atoms with Gasteiger partial charge in [-0.2, -0.15) is 0 Å². The van der Waals surface area contributed by atoms with E-state index in [1.807, 2.05) is 48.5 Å². The standard InChI is InChI=1S/C25H16O5/c26-24-19(14-16-8-2-1-3-9-16)23(18-11-5-7-13-21(18)29-24)30-25(27)22-15-17-10-4-6-12-20(17)28-22/h1-13,15H,14H2. The van der Waals surface area contributed by atoms with Gasteiger partial charge in [0.05, 0.1) is 10.9 Å². The van der Waals surface area contributed by atoms with Gasteiger partial charge in [0.2, 0.25) is 5.76 Å². The minimum absolute atomic E-state index is 0.0687. The van der Waals surface area contributed by atoms with Crippen LogP contribution in [0.1, 0.15) is 21.7 Å². The van der Waals surface area contributed by atoms with Crippen LogP contribution in [0.15, 0.2) is 98.6 Å². The highest BCUT2D eigenvalue weighted by Crippen LogP contribution is 2.30. The largest absolute Gasteiger partial charge is 0.449 e. The van der Waals surface area contributed by atoms with Crippen LogP contribution in [0.3, 0.4) is 0 Å². The highest BCUT2D eigenvalue weighted by molar-refractivity contribution is 5.96. The summed E-state index contributed by atoms with van der Waals surface area (Å²) in [5.41, 5.74) is 1.59. The number of carbonyl (C=O) groups excluding carboxylic acids is 1. The van der Waals surface area contributed by atoms with E-state index in [1.54, 1.807) is 36.4 Å². The van der Waals surface area contributed by atoms with Gasteiger partial charge in [0.25, 0.3) is 0 Å². The van der Waals surface area contributed by atoms with E-state index < -0.39 is 11.6 Å². The minimum Gasteiger partial charge on any atom is -0.449 e. The third-order valence-electron chi connectivity index (χ3n) is 4.90. The minimum atomic E-state index is -0.670. The van der Waals surface area contributed by atoms with Crippen molar-refractivity contribution in [3.8, 4) is 5.75 Å². The molecule has 0 atom stereocenters. The van der Waals surface area contributed by atoms with Crippen molar-refractivity contribution in [1.82, 2.24) is 0 Å². The fourth-order valence-electron chi connectivity index (χ4n) is 3.45. The molecule has 0 aliphatic heterocycles. The molecule has 30 heavy (non-hydrogen) atoms. The maximum absolute atomic E-state index is 12.9. The lowest BCUT2D eigenvalue weighted by molar-refractivity contribution is 0.0704. The van der Waals surface area contributed by atoms with E-state index in [4.69, 9.17) is 13.6 Å². The molecule has 0 radical (unpaired) electrons. The zero-order valence-electron chi connectivity index (χ0n) is 15.8. The van der Waals surface area contributed by atoms with E-state index >= 15 is 0 Å². The highest BCUT2D eigenvalue weighted by Gasteiger charge is 2.22. The van der Waals surface area contributed by atoms with Crippen LogP contribution in [0, 0.1) is 0 Å². The second kappa shape index (κ2) is 7.37. The summed E-state index contributed by atoms with van der Waals surface area (Å²) < 4.78 is 16.8. The summed E-state index contributed by atoms with van der Waals surface area (Å²) in [5.74, 6) is -0.411. The van der Waals surface area contributed by atoms with Crippen LogP contribution in [-0.2, 0) is 6.42 Å². The summed E-state index contributed by atoms with van der Waals surface area (Å²) in [6.07, 6.45) is 0.275. The van der Waals surface area contributed by atoms with Gasteiger partial charge in [-0.15, -0.1) is 0 Å². The summed E-state index contributed by atoms with van der Waals surface area (Å²) in [6.45, 7) is 0. The molecular formula is C25H16O5. The van der Waals surface area contributed by atoms with Gasteiger partial charge in [-0.25, -0.2) is 9.59 Å². The summed E-state index contributed by atoms with van der Waals surface area (Å²) in [4.78, 5) is 25.6. The molecule has 2 aromatic heterocycles. The molecule has 0 amide bonds. The number of ether oxygens (including phenoxy) is 1. The molecule has 5 rings (SSSR count). The fraction of sp³-hybridized carbons (Fsp3) is 0.0400. The molecule has 0 fully saturated rings.